The molecular weight excluding hydrogens is 444 g/mol. The van der Waals surface area contributed by atoms with Crippen LogP contribution in [-0.4, -0.2) is 47.7 Å². The smallest absolute Gasteiger partial charge is 0.411 e. The van der Waals surface area contributed by atoms with Crippen LogP contribution in [0.25, 0.3) is 17.2 Å². The highest BCUT2D eigenvalue weighted by atomic mass is 16.5. The molecule has 4 rings (SSSR count). The number of anilines is 1. The monoisotopic (exact) mass is 470 g/mol. The molecule has 0 fully saturated rings. The number of ether oxygens (including phenoxy) is 1. The number of carboxylic acid groups (broad SMARTS) is 1. The number of fused-ring (bicyclic) bond motifs is 3. The summed E-state index contributed by atoms with van der Waals surface area (Å²) in [6, 6.07) is 22.3. The van der Waals surface area contributed by atoms with E-state index in [0.717, 1.165) is 21.6 Å². The summed E-state index contributed by atoms with van der Waals surface area (Å²) in [5.74, 6) is -1.50. The zero-order valence-corrected chi connectivity index (χ0v) is 19.5. The lowest BCUT2D eigenvalue weighted by Crippen LogP contribution is -2.39. The van der Waals surface area contributed by atoms with Gasteiger partial charge in [-0.2, -0.15) is 0 Å². The molecule has 0 bridgehead atoms. The van der Waals surface area contributed by atoms with Crippen molar-refractivity contribution in [2.75, 3.05) is 19.0 Å². The molecule has 0 heterocycles. The van der Waals surface area contributed by atoms with Gasteiger partial charge in [0.2, 0.25) is 5.91 Å². The number of aliphatic carboxylic acids is 1. The van der Waals surface area contributed by atoms with Gasteiger partial charge in [-0.05, 0) is 52.9 Å². The fourth-order valence-corrected chi connectivity index (χ4v) is 4.07. The standard InChI is InChI=1S/C28H26N2O5/c1-18(27(32)33)30(2)26(31)16-13-19-11-14-20(15-12-19)29-28(34)35-17-25-23-9-5-3-7-21(23)22-8-4-6-10-24(22)25/h3-16,18,25H,17H2,1-2H3,(H,29,34)(H,32,33)/b16-13+. The van der Waals surface area contributed by atoms with E-state index in [4.69, 9.17) is 9.84 Å². The normalized spacial score (nSPS) is 13.1. The first kappa shape index (κ1) is 23.8. The van der Waals surface area contributed by atoms with Crippen molar-refractivity contribution in [3.05, 3.63) is 95.6 Å². The molecule has 0 radical (unpaired) electrons. The van der Waals surface area contributed by atoms with E-state index >= 15 is 0 Å². The minimum Gasteiger partial charge on any atom is -0.480 e. The average molecular weight is 471 g/mol. The molecule has 1 atom stereocenters. The minimum absolute atomic E-state index is 0.0137. The first-order chi connectivity index (χ1) is 16.8. The van der Waals surface area contributed by atoms with Crippen molar-refractivity contribution in [1.29, 1.82) is 0 Å². The molecule has 0 spiro atoms. The maximum Gasteiger partial charge on any atom is 0.411 e. The highest BCUT2D eigenvalue weighted by Gasteiger charge is 2.29. The third kappa shape index (κ3) is 5.24. The molecule has 35 heavy (non-hydrogen) atoms. The van der Waals surface area contributed by atoms with E-state index in [2.05, 4.69) is 29.6 Å². The lowest BCUT2D eigenvalue weighted by atomic mass is 9.98. The Balaban J connectivity index is 1.33. The topological polar surface area (TPSA) is 95.9 Å². The third-order valence-electron chi connectivity index (χ3n) is 6.21. The van der Waals surface area contributed by atoms with Crippen LogP contribution in [0.15, 0.2) is 78.9 Å². The minimum atomic E-state index is -1.07. The Bertz CT molecular complexity index is 1240. The van der Waals surface area contributed by atoms with Crippen LogP contribution in [0.1, 0.15) is 29.5 Å². The number of nitrogens with zero attached hydrogens (tertiary/aromatic N) is 1. The Labute approximate surface area is 203 Å². The van der Waals surface area contributed by atoms with E-state index in [1.165, 1.54) is 31.2 Å². The van der Waals surface area contributed by atoms with E-state index in [0.29, 0.717) is 5.69 Å². The quantitative estimate of drug-likeness (QED) is 0.474. The molecule has 7 heteroatoms. The van der Waals surface area contributed by atoms with Crippen molar-refractivity contribution in [2.24, 2.45) is 0 Å². The van der Waals surface area contributed by atoms with Crippen LogP contribution in [0.5, 0.6) is 0 Å². The number of hydrogen-bond acceptors (Lipinski definition) is 4. The van der Waals surface area contributed by atoms with Crippen molar-refractivity contribution >= 4 is 29.7 Å². The largest absolute Gasteiger partial charge is 0.480 e. The van der Waals surface area contributed by atoms with E-state index in [9.17, 15) is 14.4 Å². The van der Waals surface area contributed by atoms with Crippen LogP contribution >= 0.6 is 0 Å². The predicted molar refractivity (Wildman–Crippen MR) is 134 cm³/mol. The van der Waals surface area contributed by atoms with Gasteiger partial charge in [-0.3, -0.25) is 10.1 Å². The number of amides is 2. The average Bonchev–Trinajstić information content (AvgIpc) is 3.19. The lowest BCUT2D eigenvalue weighted by Gasteiger charge is -2.19. The number of likely N-dealkylation sites (N-methyl/N-ethyl adjacent to an activating group) is 1. The summed E-state index contributed by atoms with van der Waals surface area (Å²) in [4.78, 5) is 36.7. The first-order valence-corrected chi connectivity index (χ1v) is 11.2. The summed E-state index contributed by atoms with van der Waals surface area (Å²) in [6.45, 7) is 1.67. The maximum atomic E-state index is 12.4. The lowest BCUT2D eigenvalue weighted by molar-refractivity contribution is -0.146. The Morgan fingerprint density at radius 3 is 2.11 bits per heavy atom. The Morgan fingerprint density at radius 1 is 0.971 bits per heavy atom. The third-order valence-corrected chi connectivity index (χ3v) is 6.21. The van der Waals surface area contributed by atoms with E-state index in [-0.39, 0.29) is 12.5 Å². The number of rotatable bonds is 7. The van der Waals surface area contributed by atoms with Gasteiger partial charge in [-0.25, -0.2) is 9.59 Å². The van der Waals surface area contributed by atoms with Crippen molar-refractivity contribution in [3.8, 4) is 11.1 Å². The SMILES string of the molecule is CC(C(=O)O)N(C)C(=O)/C=C/c1ccc(NC(=O)OCC2c3ccccc3-c3ccccc32)cc1. The van der Waals surface area contributed by atoms with Gasteiger partial charge in [0.15, 0.2) is 0 Å². The highest BCUT2D eigenvalue weighted by molar-refractivity contribution is 5.94. The molecule has 3 aromatic carbocycles. The van der Waals surface area contributed by atoms with Crippen molar-refractivity contribution in [1.82, 2.24) is 4.90 Å². The zero-order chi connectivity index (χ0) is 24.9. The molecule has 3 aromatic rings. The number of carbonyl (C=O) groups excluding carboxylic acids is 2. The molecular formula is C28H26N2O5. The van der Waals surface area contributed by atoms with Crippen LogP contribution < -0.4 is 5.32 Å². The van der Waals surface area contributed by atoms with Gasteiger partial charge in [0, 0.05) is 24.7 Å². The Morgan fingerprint density at radius 2 is 1.54 bits per heavy atom. The van der Waals surface area contributed by atoms with Gasteiger partial charge in [-0.1, -0.05) is 60.7 Å². The molecule has 2 N–H and O–H groups in total. The predicted octanol–water partition coefficient (Wildman–Crippen LogP) is 4.99. The number of carboxylic acids is 1. The van der Waals surface area contributed by atoms with Gasteiger partial charge in [0.25, 0.3) is 0 Å². The second kappa shape index (κ2) is 10.3. The molecule has 0 saturated carbocycles. The van der Waals surface area contributed by atoms with E-state index < -0.39 is 24.0 Å². The molecule has 0 aliphatic heterocycles. The Kier molecular flexibility index (Phi) is 6.96. The molecule has 2 amide bonds. The van der Waals surface area contributed by atoms with Crippen molar-refractivity contribution in [3.63, 3.8) is 0 Å². The van der Waals surface area contributed by atoms with Crippen LogP contribution in [-0.2, 0) is 14.3 Å². The fourth-order valence-electron chi connectivity index (χ4n) is 4.07. The second-order valence-corrected chi connectivity index (χ2v) is 8.37. The first-order valence-electron chi connectivity index (χ1n) is 11.2. The molecule has 0 saturated heterocycles. The van der Waals surface area contributed by atoms with Crippen LogP contribution in [0.3, 0.4) is 0 Å². The zero-order valence-electron chi connectivity index (χ0n) is 19.5. The van der Waals surface area contributed by atoms with Crippen LogP contribution in [0.2, 0.25) is 0 Å². The summed E-state index contributed by atoms with van der Waals surface area (Å²) in [5, 5.41) is 11.7. The van der Waals surface area contributed by atoms with Crippen molar-refractivity contribution in [2.45, 2.75) is 18.9 Å². The Hall–Kier alpha value is -4.39. The molecule has 7 nitrogen and oxygen atoms in total. The summed E-state index contributed by atoms with van der Waals surface area (Å²) < 4.78 is 5.56. The van der Waals surface area contributed by atoms with Crippen LogP contribution in [0.4, 0.5) is 10.5 Å². The van der Waals surface area contributed by atoms with Gasteiger partial charge < -0.3 is 14.7 Å². The summed E-state index contributed by atoms with van der Waals surface area (Å²) in [5.41, 5.74) is 5.92. The number of benzene rings is 3. The second-order valence-electron chi connectivity index (χ2n) is 8.37. The molecule has 1 aliphatic carbocycles. The van der Waals surface area contributed by atoms with Gasteiger partial charge in [-0.15, -0.1) is 0 Å². The highest BCUT2D eigenvalue weighted by Crippen LogP contribution is 2.44. The maximum absolute atomic E-state index is 12.4. The molecule has 1 unspecified atom stereocenters. The number of hydrogen-bond donors (Lipinski definition) is 2. The van der Waals surface area contributed by atoms with E-state index in [1.54, 1.807) is 30.3 Å². The fraction of sp³-hybridized carbons (Fsp3) is 0.179. The molecule has 178 valence electrons. The van der Waals surface area contributed by atoms with Crippen LogP contribution in [0, 0.1) is 0 Å². The molecule has 1 aliphatic rings. The van der Waals surface area contributed by atoms with Gasteiger partial charge in [0.1, 0.15) is 12.6 Å². The number of carbonyl (C=O) groups is 3. The van der Waals surface area contributed by atoms with Gasteiger partial charge in [0.05, 0.1) is 0 Å². The number of nitrogens with one attached hydrogen (secondary N) is 1. The summed E-state index contributed by atoms with van der Waals surface area (Å²) >= 11 is 0. The van der Waals surface area contributed by atoms with Gasteiger partial charge >= 0.3 is 12.1 Å². The summed E-state index contributed by atoms with van der Waals surface area (Å²) in [7, 11) is 1.44. The molecule has 0 aromatic heterocycles. The van der Waals surface area contributed by atoms with E-state index in [1.807, 2.05) is 24.3 Å². The van der Waals surface area contributed by atoms with Crippen molar-refractivity contribution < 1.29 is 24.2 Å². The summed E-state index contributed by atoms with van der Waals surface area (Å²) in [6.07, 6.45) is 2.35.